The van der Waals surface area contributed by atoms with Crippen LogP contribution in [0.5, 0.6) is 5.88 Å². The normalized spacial score (nSPS) is 11.9. The van der Waals surface area contributed by atoms with Gasteiger partial charge in [0.05, 0.1) is 11.9 Å². The van der Waals surface area contributed by atoms with Crippen LogP contribution in [0.3, 0.4) is 0 Å². The number of benzene rings is 3. The van der Waals surface area contributed by atoms with E-state index in [1.54, 1.807) is 0 Å². The summed E-state index contributed by atoms with van der Waals surface area (Å²) in [5, 5.41) is 21.0. The molecular formula is C23H17BrN4O2. The Morgan fingerprint density at radius 3 is 2.70 bits per heavy atom. The lowest BCUT2D eigenvalue weighted by Gasteiger charge is -2.01. The molecule has 7 heteroatoms. The number of rotatable bonds is 3. The van der Waals surface area contributed by atoms with Crippen molar-refractivity contribution >= 4 is 60.2 Å². The number of para-hydroxylation sites is 1. The summed E-state index contributed by atoms with van der Waals surface area (Å²) in [6.07, 6.45) is 0.133. The lowest BCUT2D eigenvalue weighted by Crippen LogP contribution is -1.98. The van der Waals surface area contributed by atoms with E-state index in [0.717, 1.165) is 32.0 Å². The smallest absolute Gasteiger partial charge is 0.269 e. The molecule has 0 aliphatic rings. The lowest BCUT2D eigenvalue weighted by molar-refractivity contribution is -0.117. The fourth-order valence-electron chi connectivity index (χ4n) is 3.87. The number of carbonyl (C=O) groups is 1. The fraction of sp³-hybridized carbons (Fsp3) is 0.0870. The van der Waals surface area contributed by atoms with Gasteiger partial charge in [-0.3, -0.25) is 4.79 Å². The molecule has 3 aromatic carbocycles. The first-order valence-electron chi connectivity index (χ1n) is 9.42. The van der Waals surface area contributed by atoms with Crippen molar-refractivity contribution < 1.29 is 9.90 Å². The van der Waals surface area contributed by atoms with Crippen LogP contribution in [0.1, 0.15) is 5.56 Å². The second kappa shape index (κ2) is 7.11. The average Bonchev–Trinajstić information content (AvgIpc) is 3.20. The topological polar surface area (TPSA) is 82.7 Å². The number of aryl methyl sites for hydroxylation is 1. The standard InChI is InChI=1S/C23H17BrN4O2/c1-28-19-5-3-2-4-15(19)16-8-6-13(10-20(16)28)11-21(29)26-27-22-17-12-14(24)7-9-18(17)25-23(22)30/h2-10,12,25,30H,11H2,1H3. The Bertz CT molecular complexity index is 1480. The van der Waals surface area contributed by atoms with Gasteiger partial charge in [0.1, 0.15) is 0 Å². The van der Waals surface area contributed by atoms with Gasteiger partial charge in [-0.25, -0.2) is 0 Å². The van der Waals surface area contributed by atoms with Crippen LogP contribution in [-0.2, 0) is 18.3 Å². The van der Waals surface area contributed by atoms with E-state index in [1.165, 1.54) is 5.39 Å². The third-order valence-corrected chi connectivity index (χ3v) is 5.80. The maximum absolute atomic E-state index is 12.4. The second-order valence-electron chi connectivity index (χ2n) is 7.21. The first-order chi connectivity index (χ1) is 14.5. The quantitative estimate of drug-likeness (QED) is 0.317. The minimum Gasteiger partial charge on any atom is -0.493 e. The summed E-state index contributed by atoms with van der Waals surface area (Å²) in [6.45, 7) is 0. The maximum atomic E-state index is 12.4. The van der Waals surface area contributed by atoms with Crippen molar-refractivity contribution in [1.82, 2.24) is 9.55 Å². The van der Waals surface area contributed by atoms with Gasteiger partial charge < -0.3 is 14.7 Å². The van der Waals surface area contributed by atoms with Crippen molar-refractivity contribution in [3.05, 3.63) is 70.7 Å². The van der Waals surface area contributed by atoms with E-state index < -0.39 is 0 Å². The first kappa shape index (κ1) is 18.6. The lowest BCUT2D eigenvalue weighted by atomic mass is 10.1. The fourth-order valence-corrected chi connectivity index (χ4v) is 4.23. The molecule has 0 fully saturated rings. The number of halogens is 1. The van der Waals surface area contributed by atoms with Crippen LogP contribution in [0.2, 0.25) is 0 Å². The van der Waals surface area contributed by atoms with Crippen LogP contribution < -0.4 is 0 Å². The number of hydrogen-bond acceptors (Lipinski definition) is 3. The molecule has 0 unspecified atom stereocenters. The van der Waals surface area contributed by atoms with Gasteiger partial charge in [-0.05, 0) is 35.9 Å². The summed E-state index contributed by atoms with van der Waals surface area (Å²) in [7, 11) is 2.02. The number of azo groups is 1. The Kier molecular flexibility index (Phi) is 4.40. The molecule has 0 radical (unpaired) electrons. The maximum Gasteiger partial charge on any atom is 0.269 e. The molecule has 0 bridgehead atoms. The van der Waals surface area contributed by atoms with Crippen LogP contribution in [0.15, 0.2) is 75.4 Å². The molecule has 6 nitrogen and oxygen atoms in total. The zero-order chi connectivity index (χ0) is 20.8. The van der Waals surface area contributed by atoms with Crippen molar-refractivity contribution in [3.8, 4) is 5.88 Å². The molecule has 5 aromatic rings. The highest BCUT2D eigenvalue weighted by Crippen LogP contribution is 2.37. The molecule has 148 valence electrons. The predicted molar refractivity (Wildman–Crippen MR) is 121 cm³/mol. The minimum atomic E-state index is -0.378. The number of hydrogen-bond donors (Lipinski definition) is 2. The number of aromatic nitrogens is 2. The van der Waals surface area contributed by atoms with Crippen molar-refractivity contribution in [2.24, 2.45) is 17.3 Å². The van der Waals surface area contributed by atoms with E-state index in [1.807, 2.05) is 55.6 Å². The number of aromatic amines is 1. The molecule has 1 amide bonds. The van der Waals surface area contributed by atoms with Crippen LogP contribution in [0.25, 0.3) is 32.7 Å². The summed E-state index contributed by atoms with van der Waals surface area (Å²) in [5.74, 6) is -0.492. The number of fused-ring (bicyclic) bond motifs is 4. The Balaban J connectivity index is 1.44. The van der Waals surface area contributed by atoms with E-state index in [-0.39, 0.29) is 23.9 Å². The molecule has 2 N–H and O–H groups in total. The molecule has 0 saturated carbocycles. The SMILES string of the molecule is Cn1c2ccccc2c2ccc(CC(=O)N=Nc3c(O)[nH]c4ccc(Br)cc34)cc21. The Morgan fingerprint density at radius 2 is 1.83 bits per heavy atom. The van der Waals surface area contributed by atoms with E-state index in [9.17, 15) is 9.90 Å². The number of H-pyrrole nitrogens is 1. The molecule has 0 aliphatic heterocycles. The van der Waals surface area contributed by atoms with Gasteiger partial charge in [-0.2, -0.15) is 0 Å². The zero-order valence-corrected chi connectivity index (χ0v) is 17.6. The minimum absolute atomic E-state index is 0.114. The highest BCUT2D eigenvalue weighted by Gasteiger charge is 2.13. The van der Waals surface area contributed by atoms with Gasteiger partial charge in [-0.15, -0.1) is 10.2 Å². The molecular weight excluding hydrogens is 444 g/mol. The van der Waals surface area contributed by atoms with E-state index in [0.29, 0.717) is 5.39 Å². The number of nitrogens with zero attached hydrogens (tertiary/aromatic N) is 3. The Morgan fingerprint density at radius 1 is 1.03 bits per heavy atom. The average molecular weight is 461 g/mol. The first-order valence-corrected chi connectivity index (χ1v) is 10.2. The molecule has 0 atom stereocenters. The van der Waals surface area contributed by atoms with Crippen LogP contribution in [0.4, 0.5) is 5.69 Å². The summed E-state index contributed by atoms with van der Waals surface area (Å²) in [6, 6.07) is 19.7. The van der Waals surface area contributed by atoms with Gasteiger partial charge >= 0.3 is 0 Å². The predicted octanol–water partition coefficient (Wildman–Crippen LogP) is 6.13. The molecule has 0 saturated heterocycles. The summed E-state index contributed by atoms with van der Waals surface area (Å²) >= 11 is 3.40. The van der Waals surface area contributed by atoms with Crippen LogP contribution >= 0.6 is 15.9 Å². The van der Waals surface area contributed by atoms with Gasteiger partial charge in [0.15, 0.2) is 5.69 Å². The molecule has 0 aliphatic carbocycles. The number of nitrogens with one attached hydrogen (secondary N) is 1. The monoisotopic (exact) mass is 460 g/mol. The molecule has 5 rings (SSSR count). The number of carbonyl (C=O) groups excluding carboxylic acids is 1. The van der Waals surface area contributed by atoms with Gasteiger partial charge in [0.2, 0.25) is 5.88 Å². The largest absolute Gasteiger partial charge is 0.493 e. The summed E-state index contributed by atoms with van der Waals surface area (Å²) < 4.78 is 2.97. The van der Waals surface area contributed by atoms with Gasteiger partial charge in [0, 0.05) is 38.7 Å². The van der Waals surface area contributed by atoms with Gasteiger partial charge in [0.25, 0.3) is 5.91 Å². The molecule has 30 heavy (non-hydrogen) atoms. The highest BCUT2D eigenvalue weighted by molar-refractivity contribution is 9.10. The molecule has 2 aromatic heterocycles. The number of amides is 1. The van der Waals surface area contributed by atoms with Crippen LogP contribution in [-0.4, -0.2) is 20.6 Å². The van der Waals surface area contributed by atoms with Crippen molar-refractivity contribution in [2.45, 2.75) is 6.42 Å². The van der Waals surface area contributed by atoms with Crippen LogP contribution in [0, 0.1) is 0 Å². The zero-order valence-electron chi connectivity index (χ0n) is 16.1. The van der Waals surface area contributed by atoms with Crippen molar-refractivity contribution in [1.29, 1.82) is 0 Å². The Hall–Kier alpha value is -3.45. The van der Waals surface area contributed by atoms with E-state index >= 15 is 0 Å². The van der Waals surface area contributed by atoms with Gasteiger partial charge in [-0.1, -0.05) is 46.3 Å². The third-order valence-electron chi connectivity index (χ3n) is 5.31. The Labute approximate surface area is 180 Å². The van der Waals surface area contributed by atoms with Crippen molar-refractivity contribution in [2.75, 3.05) is 0 Å². The highest BCUT2D eigenvalue weighted by atomic mass is 79.9. The van der Waals surface area contributed by atoms with Crippen molar-refractivity contribution in [3.63, 3.8) is 0 Å². The molecule has 0 spiro atoms. The summed E-state index contributed by atoms with van der Waals surface area (Å²) in [4.78, 5) is 15.3. The number of aromatic hydroxyl groups is 1. The molecule has 2 heterocycles. The summed E-state index contributed by atoms with van der Waals surface area (Å²) in [5.41, 5.74) is 4.06. The van der Waals surface area contributed by atoms with E-state index in [4.69, 9.17) is 0 Å². The third kappa shape index (κ3) is 3.07. The van der Waals surface area contributed by atoms with E-state index in [2.05, 4.69) is 47.8 Å². The second-order valence-corrected chi connectivity index (χ2v) is 8.13.